The molecular weight excluding hydrogens is 305 g/mol. The van der Waals surface area contributed by atoms with Crippen molar-refractivity contribution in [2.24, 2.45) is 0 Å². The van der Waals surface area contributed by atoms with Gasteiger partial charge in [0.05, 0.1) is 7.11 Å². The number of rotatable bonds is 6. The van der Waals surface area contributed by atoms with Gasteiger partial charge in [-0.1, -0.05) is 18.2 Å². The van der Waals surface area contributed by atoms with Crippen LogP contribution in [0.25, 0.3) is 0 Å². The average Bonchev–Trinajstić information content (AvgIpc) is 2.62. The quantitative estimate of drug-likeness (QED) is 0.884. The molecule has 0 amide bonds. The molecule has 1 aromatic heterocycles. The van der Waals surface area contributed by atoms with Crippen LogP contribution >= 0.6 is 0 Å². The lowest BCUT2D eigenvalue weighted by atomic mass is 10.0. The van der Waals surface area contributed by atoms with Crippen LogP contribution in [0.1, 0.15) is 24.0 Å². The summed E-state index contributed by atoms with van der Waals surface area (Å²) in [5.41, 5.74) is 2.21. The largest absolute Gasteiger partial charge is 0.481 e. The zero-order valence-electron chi connectivity index (χ0n) is 14.0. The van der Waals surface area contributed by atoms with Gasteiger partial charge in [0.15, 0.2) is 0 Å². The Morgan fingerprint density at radius 2 is 2.04 bits per heavy atom. The Labute approximate surface area is 142 Å². The van der Waals surface area contributed by atoms with Crippen LogP contribution < -0.4 is 10.1 Å². The van der Waals surface area contributed by atoms with Gasteiger partial charge in [0.2, 0.25) is 5.88 Å². The van der Waals surface area contributed by atoms with Gasteiger partial charge in [-0.3, -0.25) is 4.90 Å². The van der Waals surface area contributed by atoms with Crippen LogP contribution in [0.3, 0.4) is 0 Å². The van der Waals surface area contributed by atoms with Crippen molar-refractivity contribution in [2.75, 3.05) is 20.2 Å². The van der Waals surface area contributed by atoms with Crippen LogP contribution in [0.2, 0.25) is 0 Å². The predicted octanol–water partition coefficient (Wildman–Crippen LogP) is 2.98. The lowest BCUT2D eigenvalue weighted by molar-refractivity contribution is 0.190. The normalized spacial score (nSPS) is 16.2. The monoisotopic (exact) mass is 329 g/mol. The van der Waals surface area contributed by atoms with Gasteiger partial charge in [0.25, 0.3) is 0 Å². The summed E-state index contributed by atoms with van der Waals surface area (Å²) in [5, 5.41) is 3.60. The molecule has 0 spiro atoms. The van der Waals surface area contributed by atoms with Crippen molar-refractivity contribution in [3.63, 3.8) is 0 Å². The maximum atomic E-state index is 13.3. The van der Waals surface area contributed by atoms with Crippen molar-refractivity contribution < 1.29 is 9.13 Å². The Kier molecular flexibility index (Phi) is 5.77. The van der Waals surface area contributed by atoms with E-state index >= 15 is 0 Å². The minimum absolute atomic E-state index is 0.155. The summed E-state index contributed by atoms with van der Waals surface area (Å²) < 4.78 is 18.3. The van der Waals surface area contributed by atoms with Gasteiger partial charge in [0.1, 0.15) is 5.82 Å². The van der Waals surface area contributed by atoms with Gasteiger partial charge in [-0.15, -0.1) is 0 Å². The summed E-state index contributed by atoms with van der Waals surface area (Å²) in [6.07, 6.45) is 4.07. The summed E-state index contributed by atoms with van der Waals surface area (Å²) >= 11 is 0. The Hall–Kier alpha value is -1.98. The molecule has 1 aliphatic rings. The van der Waals surface area contributed by atoms with E-state index in [2.05, 4.69) is 15.2 Å². The predicted molar refractivity (Wildman–Crippen MR) is 92.3 cm³/mol. The van der Waals surface area contributed by atoms with E-state index in [-0.39, 0.29) is 5.82 Å². The fourth-order valence-corrected chi connectivity index (χ4v) is 3.09. The lowest BCUT2D eigenvalue weighted by Gasteiger charge is -2.32. The Morgan fingerprint density at radius 3 is 2.71 bits per heavy atom. The molecule has 1 saturated heterocycles. The van der Waals surface area contributed by atoms with Crippen LogP contribution in [0.4, 0.5) is 4.39 Å². The molecular formula is C19H24FN3O. The summed E-state index contributed by atoms with van der Waals surface area (Å²) in [6, 6.07) is 11.3. The Morgan fingerprint density at radius 1 is 1.21 bits per heavy atom. The van der Waals surface area contributed by atoms with E-state index in [1.165, 1.54) is 6.07 Å². The number of hydrogen-bond acceptors (Lipinski definition) is 4. The van der Waals surface area contributed by atoms with E-state index in [9.17, 15) is 4.39 Å². The minimum atomic E-state index is -0.155. The highest BCUT2D eigenvalue weighted by Gasteiger charge is 2.18. The van der Waals surface area contributed by atoms with E-state index in [0.717, 1.165) is 50.1 Å². The molecule has 4 nitrogen and oxygen atoms in total. The van der Waals surface area contributed by atoms with Crippen molar-refractivity contribution in [3.05, 3.63) is 59.5 Å². The SMILES string of the molecule is COc1ccc(CNC2CCN(Cc3cccc(F)c3)CC2)cn1. The number of ether oxygens (including phenoxy) is 1. The van der Waals surface area contributed by atoms with Gasteiger partial charge < -0.3 is 10.1 Å². The van der Waals surface area contributed by atoms with Gasteiger partial charge in [-0.05, 0) is 49.2 Å². The Balaban J connectivity index is 1.41. The van der Waals surface area contributed by atoms with Crippen LogP contribution in [0.15, 0.2) is 42.6 Å². The fraction of sp³-hybridized carbons (Fsp3) is 0.421. The zero-order chi connectivity index (χ0) is 16.8. The van der Waals surface area contributed by atoms with Crippen molar-refractivity contribution in [1.29, 1.82) is 0 Å². The van der Waals surface area contributed by atoms with Crippen LogP contribution in [0, 0.1) is 5.82 Å². The first kappa shape index (κ1) is 16.9. The van der Waals surface area contributed by atoms with Crippen molar-refractivity contribution in [1.82, 2.24) is 15.2 Å². The number of halogens is 1. The van der Waals surface area contributed by atoms with Crippen LogP contribution in [-0.4, -0.2) is 36.1 Å². The first-order valence-corrected chi connectivity index (χ1v) is 8.42. The highest BCUT2D eigenvalue weighted by molar-refractivity contribution is 5.18. The smallest absolute Gasteiger partial charge is 0.212 e. The second-order valence-electron chi connectivity index (χ2n) is 6.27. The number of hydrogen-bond donors (Lipinski definition) is 1. The molecule has 5 heteroatoms. The first-order chi connectivity index (χ1) is 11.7. The highest BCUT2D eigenvalue weighted by atomic mass is 19.1. The van der Waals surface area contributed by atoms with Gasteiger partial charge in [-0.2, -0.15) is 0 Å². The third kappa shape index (κ3) is 4.76. The molecule has 0 radical (unpaired) electrons. The molecule has 0 saturated carbocycles. The number of nitrogens with zero attached hydrogens (tertiary/aromatic N) is 2. The van der Waals surface area contributed by atoms with Crippen LogP contribution in [-0.2, 0) is 13.1 Å². The summed E-state index contributed by atoms with van der Waals surface area (Å²) in [4.78, 5) is 6.62. The molecule has 2 heterocycles. The third-order valence-electron chi connectivity index (χ3n) is 4.48. The molecule has 0 bridgehead atoms. The van der Waals surface area contributed by atoms with E-state index in [1.54, 1.807) is 19.2 Å². The maximum absolute atomic E-state index is 13.3. The number of aromatic nitrogens is 1. The molecule has 0 atom stereocenters. The first-order valence-electron chi connectivity index (χ1n) is 8.42. The van der Waals surface area contributed by atoms with E-state index in [4.69, 9.17) is 4.74 Å². The fourth-order valence-electron chi connectivity index (χ4n) is 3.09. The molecule has 1 fully saturated rings. The topological polar surface area (TPSA) is 37.4 Å². The average molecular weight is 329 g/mol. The number of methoxy groups -OCH3 is 1. The zero-order valence-corrected chi connectivity index (χ0v) is 14.0. The van der Waals surface area contributed by atoms with E-state index < -0.39 is 0 Å². The second kappa shape index (κ2) is 8.22. The molecule has 2 aromatic rings. The van der Waals surface area contributed by atoms with Gasteiger partial charge >= 0.3 is 0 Å². The lowest BCUT2D eigenvalue weighted by Crippen LogP contribution is -2.41. The summed E-state index contributed by atoms with van der Waals surface area (Å²) in [7, 11) is 1.62. The minimum Gasteiger partial charge on any atom is -0.481 e. The molecule has 1 aliphatic heterocycles. The standard InChI is InChI=1S/C19H24FN3O/c1-24-19-6-5-16(13-22-19)12-21-18-7-9-23(10-8-18)14-15-3-2-4-17(20)11-15/h2-6,11,13,18,21H,7-10,12,14H2,1H3. The van der Waals surface area contributed by atoms with Crippen molar-refractivity contribution in [3.8, 4) is 5.88 Å². The molecule has 1 aromatic carbocycles. The Bertz CT molecular complexity index is 639. The van der Waals surface area contributed by atoms with Crippen molar-refractivity contribution >= 4 is 0 Å². The number of nitrogens with one attached hydrogen (secondary N) is 1. The molecule has 3 rings (SSSR count). The molecule has 0 aliphatic carbocycles. The molecule has 1 N–H and O–H groups in total. The second-order valence-corrected chi connectivity index (χ2v) is 6.27. The third-order valence-corrected chi connectivity index (χ3v) is 4.48. The van der Waals surface area contributed by atoms with Crippen LogP contribution in [0.5, 0.6) is 5.88 Å². The van der Waals surface area contributed by atoms with E-state index in [1.807, 2.05) is 24.4 Å². The number of benzene rings is 1. The highest BCUT2D eigenvalue weighted by Crippen LogP contribution is 2.15. The van der Waals surface area contributed by atoms with E-state index in [0.29, 0.717) is 11.9 Å². The van der Waals surface area contributed by atoms with Gasteiger partial charge in [0, 0.05) is 31.4 Å². The van der Waals surface area contributed by atoms with Gasteiger partial charge in [-0.25, -0.2) is 9.37 Å². The summed E-state index contributed by atoms with van der Waals surface area (Å²) in [6.45, 7) is 3.72. The van der Waals surface area contributed by atoms with Crippen molar-refractivity contribution in [2.45, 2.75) is 32.0 Å². The molecule has 24 heavy (non-hydrogen) atoms. The molecule has 0 unspecified atom stereocenters. The maximum Gasteiger partial charge on any atom is 0.212 e. The molecule has 128 valence electrons. The number of pyridine rings is 1. The number of piperidine rings is 1. The summed E-state index contributed by atoms with van der Waals surface area (Å²) in [5.74, 6) is 0.488. The number of likely N-dealkylation sites (tertiary alicyclic amines) is 1.